The Balaban J connectivity index is 0.000000398. The number of hydrogen-bond donors (Lipinski definition) is 1. The summed E-state index contributed by atoms with van der Waals surface area (Å²) in [6.45, 7) is 4.25. The van der Waals surface area contributed by atoms with Gasteiger partial charge < -0.3 is 17.5 Å². The van der Waals surface area contributed by atoms with Gasteiger partial charge >= 0.3 is 41.3 Å². The van der Waals surface area contributed by atoms with Gasteiger partial charge in [-0.05, 0) is 12.0 Å². The molecule has 0 aliphatic heterocycles. The zero-order chi connectivity index (χ0) is 17.5. The third-order valence-corrected chi connectivity index (χ3v) is 3.91. The number of aliphatic hydroxyl groups excluding tert-OH is 1. The van der Waals surface area contributed by atoms with E-state index in [9.17, 15) is 0 Å². The van der Waals surface area contributed by atoms with Crippen LogP contribution in [-0.4, -0.2) is 15.4 Å². The molecule has 1 unspecified atom stereocenters. The van der Waals surface area contributed by atoms with Crippen molar-refractivity contribution in [2.75, 3.05) is 7.11 Å². The predicted molar refractivity (Wildman–Crippen MR) is 98.9 cm³/mol. The molecule has 0 aromatic heterocycles. The van der Waals surface area contributed by atoms with E-state index in [1.54, 1.807) is 24.2 Å². The standard InChI is InChI=1S/C18H13.C3H6.CH4O.ClH.Zr/c1-2-8-13(7-1)18-16-11-5-3-9-14(16)15-10-4-6-12-17(15)18;1-3-2;1-2;;/h1-7,9-11,18H,8H2;1-2H3;2H,1H3;1H;/q-1;;;;+2/p-1. The first-order chi connectivity index (χ1) is 11.7. The van der Waals surface area contributed by atoms with Gasteiger partial charge in [0.15, 0.2) is 0 Å². The molecule has 0 fully saturated rings. The van der Waals surface area contributed by atoms with Crippen molar-refractivity contribution in [2.24, 2.45) is 0 Å². The van der Waals surface area contributed by atoms with Gasteiger partial charge in [-0.25, -0.2) is 0 Å². The molecule has 4 rings (SSSR count). The molecule has 0 saturated carbocycles. The molecule has 25 heavy (non-hydrogen) atoms. The molecule has 2 aromatic carbocycles. The van der Waals surface area contributed by atoms with Gasteiger partial charge in [0.1, 0.15) is 0 Å². The number of rotatable bonds is 1. The summed E-state index contributed by atoms with van der Waals surface area (Å²) in [7, 11) is 1.00. The minimum absolute atomic E-state index is 0. The van der Waals surface area contributed by atoms with Gasteiger partial charge in [0, 0.05) is 13.0 Å². The molecule has 2 aliphatic rings. The van der Waals surface area contributed by atoms with E-state index in [1.165, 1.54) is 31.0 Å². The molecular formula is C22H23ClOZr. The van der Waals surface area contributed by atoms with Crippen LogP contribution in [0.25, 0.3) is 11.1 Å². The summed E-state index contributed by atoms with van der Waals surface area (Å²) in [5.74, 6) is 0.410. The summed E-state index contributed by atoms with van der Waals surface area (Å²) in [5, 5.41) is 7.00. The monoisotopic (exact) mass is 428 g/mol. The first-order valence-electron chi connectivity index (χ1n) is 8.10. The van der Waals surface area contributed by atoms with Crippen molar-refractivity contribution in [3.63, 3.8) is 0 Å². The van der Waals surface area contributed by atoms with E-state index in [2.05, 4.69) is 74.5 Å². The van der Waals surface area contributed by atoms with Crippen molar-refractivity contribution < 1.29 is 41.7 Å². The van der Waals surface area contributed by atoms with E-state index < -0.39 is 0 Å². The molecule has 1 atom stereocenters. The molecule has 0 bridgehead atoms. The maximum absolute atomic E-state index is 7.00. The zero-order valence-electron chi connectivity index (χ0n) is 14.9. The van der Waals surface area contributed by atoms with Crippen LogP contribution < -0.4 is 12.4 Å². The fourth-order valence-electron chi connectivity index (χ4n) is 3.14. The van der Waals surface area contributed by atoms with Gasteiger partial charge in [-0.15, -0.1) is 11.1 Å². The Morgan fingerprint density at radius 3 is 2.36 bits per heavy atom. The molecule has 2 aliphatic carbocycles. The van der Waals surface area contributed by atoms with Crippen molar-refractivity contribution in [1.82, 2.24) is 0 Å². The fourth-order valence-corrected chi connectivity index (χ4v) is 3.14. The second-order valence-corrected chi connectivity index (χ2v) is 8.35. The number of halogens is 1. The maximum Gasteiger partial charge on any atom is 0.00806 e. The van der Waals surface area contributed by atoms with Crippen molar-refractivity contribution in [3.8, 4) is 11.1 Å². The summed E-state index contributed by atoms with van der Waals surface area (Å²) in [6, 6.07) is 18.5. The van der Waals surface area contributed by atoms with E-state index in [4.69, 9.17) is 5.11 Å². The van der Waals surface area contributed by atoms with Crippen LogP contribution in [0, 0.1) is 6.07 Å². The zero-order valence-corrected chi connectivity index (χ0v) is 18.1. The third kappa shape index (κ3) is 5.20. The average Bonchev–Trinajstić information content (AvgIpc) is 3.21. The topological polar surface area (TPSA) is 20.2 Å². The Bertz CT molecular complexity index is 728. The average molecular weight is 430 g/mol. The first kappa shape index (κ1) is 22.0. The second-order valence-electron chi connectivity index (χ2n) is 5.89. The van der Waals surface area contributed by atoms with Crippen molar-refractivity contribution in [1.29, 1.82) is 0 Å². The summed E-state index contributed by atoms with van der Waals surface area (Å²) in [5.41, 5.74) is 7.00. The van der Waals surface area contributed by atoms with Crippen LogP contribution in [0.3, 0.4) is 0 Å². The summed E-state index contributed by atoms with van der Waals surface area (Å²) < 4.78 is 1.51. The van der Waals surface area contributed by atoms with E-state index in [-0.39, 0.29) is 12.4 Å². The van der Waals surface area contributed by atoms with Crippen LogP contribution in [0.4, 0.5) is 0 Å². The molecular weight excluding hydrogens is 407 g/mol. The molecule has 128 valence electrons. The Hall–Kier alpha value is -1.08. The SMILES string of the molecule is CO.C[C](C)=[Zr+2].[Cl-].[c-]1cccc2c1C(C1=CC=CC1)c1ccccc1-2. The quantitative estimate of drug-likeness (QED) is 0.686. The molecule has 0 saturated heterocycles. The number of allylic oxidation sites excluding steroid dienone is 4. The van der Waals surface area contributed by atoms with E-state index in [0.29, 0.717) is 5.92 Å². The number of fused-ring (bicyclic) bond motifs is 3. The molecule has 0 radical (unpaired) electrons. The minimum Gasteiger partial charge on any atom is -1.00 e. The van der Waals surface area contributed by atoms with Gasteiger partial charge in [-0.1, -0.05) is 53.6 Å². The minimum atomic E-state index is 0. The van der Waals surface area contributed by atoms with Crippen LogP contribution in [0.5, 0.6) is 0 Å². The predicted octanol–water partition coefficient (Wildman–Crippen LogP) is 1.84. The smallest absolute Gasteiger partial charge is 0.00806 e. The molecule has 1 N–H and O–H groups in total. The van der Waals surface area contributed by atoms with Crippen molar-refractivity contribution in [2.45, 2.75) is 26.2 Å². The van der Waals surface area contributed by atoms with Crippen LogP contribution in [-0.2, 0) is 24.2 Å². The van der Waals surface area contributed by atoms with Crippen molar-refractivity contribution in [3.05, 3.63) is 83.5 Å². The molecule has 0 amide bonds. The Labute approximate surface area is 172 Å². The molecule has 3 heteroatoms. The Morgan fingerprint density at radius 1 is 1.08 bits per heavy atom. The van der Waals surface area contributed by atoms with Crippen LogP contribution in [0.1, 0.15) is 37.3 Å². The molecule has 2 aromatic rings. The van der Waals surface area contributed by atoms with Gasteiger partial charge in [-0.3, -0.25) is 0 Å². The molecule has 0 spiro atoms. The van der Waals surface area contributed by atoms with Gasteiger partial charge in [-0.2, -0.15) is 24.3 Å². The molecule has 1 nitrogen and oxygen atoms in total. The summed E-state index contributed by atoms with van der Waals surface area (Å²) in [6.07, 6.45) is 7.73. The van der Waals surface area contributed by atoms with Gasteiger partial charge in [0.05, 0.1) is 0 Å². The Kier molecular flexibility index (Phi) is 9.50. The third-order valence-electron chi connectivity index (χ3n) is 3.91. The normalized spacial score (nSPS) is 15.4. The van der Waals surface area contributed by atoms with E-state index >= 15 is 0 Å². The van der Waals surface area contributed by atoms with E-state index in [1.807, 2.05) is 6.07 Å². The van der Waals surface area contributed by atoms with Crippen LogP contribution in [0.2, 0.25) is 0 Å². The number of aliphatic hydroxyl groups is 1. The van der Waals surface area contributed by atoms with Crippen molar-refractivity contribution >= 4 is 3.21 Å². The number of hydrogen-bond acceptors (Lipinski definition) is 1. The largest absolute Gasteiger partial charge is 1.00 e. The van der Waals surface area contributed by atoms with Gasteiger partial charge in [0.25, 0.3) is 0 Å². The Morgan fingerprint density at radius 2 is 1.72 bits per heavy atom. The van der Waals surface area contributed by atoms with Gasteiger partial charge in [0.2, 0.25) is 0 Å². The number of benzene rings is 2. The second kappa shape index (κ2) is 10.8. The fraction of sp³-hybridized carbons (Fsp3) is 0.227. The van der Waals surface area contributed by atoms with Crippen LogP contribution in [0.15, 0.2) is 66.3 Å². The maximum atomic E-state index is 7.00. The van der Waals surface area contributed by atoms with Crippen LogP contribution >= 0.6 is 0 Å². The first-order valence-corrected chi connectivity index (χ1v) is 9.33. The summed E-state index contributed by atoms with van der Waals surface area (Å²) in [4.78, 5) is 0. The summed E-state index contributed by atoms with van der Waals surface area (Å²) >= 11 is 1.55. The van der Waals surface area contributed by atoms with E-state index in [0.717, 1.165) is 13.5 Å². The molecule has 0 heterocycles.